The first-order valence-electron chi connectivity index (χ1n) is 10.8. The zero-order valence-electron chi connectivity index (χ0n) is 19.2. The van der Waals surface area contributed by atoms with Gasteiger partial charge in [-0.15, -0.1) is 0 Å². The van der Waals surface area contributed by atoms with Crippen molar-refractivity contribution in [2.24, 2.45) is 0 Å². The van der Waals surface area contributed by atoms with Crippen LogP contribution in [0.15, 0.2) is 42.0 Å². The molecule has 2 aliphatic rings. The van der Waals surface area contributed by atoms with Gasteiger partial charge in [-0.05, 0) is 50.6 Å². The van der Waals surface area contributed by atoms with Crippen LogP contribution in [0.2, 0.25) is 0 Å². The van der Waals surface area contributed by atoms with Crippen LogP contribution in [-0.4, -0.2) is 30.7 Å². The van der Waals surface area contributed by atoms with E-state index in [1.54, 1.807) is 0 Å². The number of hydrogen-bond acceptors (Lipinski definition) is 2. The normalized spacial score (nSPS) is 23.6. The van der Waals surface area contributed by atoms with Crippen LogP contribution >= 0.6 is 0 Å². The summed E-state index contributed by atoms with van der Waals surface area (Å²) in [6.45, 7) is 20.1. The van der Waals surface area contributed by atoms with Gasteiger partial charge in [0.2, 0.25) is 0 Å². The van der Waals surface area contributed by atoms with Gasteiger partial charge in [0.25, 0.3) is 0 Å². The summed E-state index contributed by atoms with van der Waals surface area (Å²) < 4.78 is 6.20. The van der Waals surface area contributed by atoms with Crippen LogP contribution in [-0.2, 0) is 4.74 Å². The molecule has 2 atom stereocenters. The summed E-state index contributed by atoms with van der Waals surface area (Å²) in [7, 11) is 2.21. The molecule has 2 heteroatoms. The third-order valence-corrected chi connectivity index (χ3v) is 4.16. The van der Waals surface area contributed by atoms with Gasteiger partial charge in [-0.25, -0.2) is 0 Å². The van der Waals surface area contributed by atoms with Gasteiger partial charge in [0, 0.05) is 0 Å². The maximum absolute atomic E-state index is 6.20. The van der Waals surface area contributed by atoms with Crippen LogP contribution in [0.25, 0.3) is 0 Å². The lowest BCUT2D eigenvalue weighted by molar-refractivity contribution is -0.0708. The molecule has 2 aliphatic heterocycles. The second-order valence-corrected chi connectivity index (χ2v) is 5.63. The van der Waals surface area contributed by atoms with E-state index in [2.05, 4.69) is 55.3 Å². The van der Waals surface area contributed by atoms with Crippen LogP contribution in [0.4, 0.5) is 0 Å². The Hall–Kier alpha value is -1.12. The van der Waals surface area contributed by atoms with E-state index in [0.29, 0.717) is 6.04 Å². The van der Waals surface area contributed by atoms with Crippen LogP contribution in [0.3, 0.4) is 0 Å². The summed E-state index contributed by atoms with van der Waals surface area (Å²) in [5, 5.41) is 0. The summed E-state index contributed by atoms with van der Waals surface area (Å²) in [6.07, 6.45) is 4.71. The van der Waals surface area contributed by atoms with Gasteiger partial charge in [-0.2, -0.15) is 0 Å². The minimum absolute atomic E-state index is 0.0988. The Kier molecular flexibility index (Phi) is 16.8. The van der Waals surface area contributed by atoms with Gasteiger partial charge in [-0.1, -0.05) is 85.7 Å². The Balaban J connectivity index is 0. The third-order valence-electron chi connectivity index (χ3n) is 4.16. The smallest absolute Gasteiger partial charge is 0.107 e. The van der Waals surface area contributed by atoms with Crippen molar-refractivity contribution < 1.29 is 4.74 Å². The number of nitrogens with zero attached hydrogens (tertiary/aromatic N) is 1. The number of piperidine rings is 1. The first kappa shape index (κ1) is 27.1. The lowest BCUT2D eigenvalue weighted by Gasteiger charge is -2.45. The van der Waals surface area contributed by atoms with E-state index in [1.807, 2.05) is 55.4 Å². The number of rotatable bonds is 1. The zero-order chi connectivity index (χ0) is 20.6. The number of ether oxygens (including phenoxy) is 1. The predicted octanol–water partition coefficient (Wildman–Crippen LogP) is 7.27. The highest BCUT2D eigenvalue weighted by atomic mass is 16.5. The highest BCUT2D eigenvalue weighted by Crippen LogP contribution is 2.45. The summed E-state index contributed by atoms with van der Waals surface area (Å²) in [4.78, 5) is 2.44. The molecule has 26 heavy (non-hydrogen) atoms. The molecule has 2 unspecified atom stereocenters. The van der Waals surface area contributed by atoms with Crippen LogP contribution in [0.1, 0.15) is 86.8 Å². The van der Waals surface area contributed by atoms with Crippen molar-refractivity contribution in [1.29, 1.82) is 0 Å². The molecule has 0 aromatic heterocycles. The highest BCUT2D eigenvalue weighted by molar-refractivity contribution is 5.30. The standard InChI is InChI=1S/C16H21NO.4C2H6/c1-13-11-16(18-12-13)9-6-10-17(2)15(16)14-7-4-3-5-8-14;4*1-2/h3-5,7-8,11,15H,6,9-10,12H2,1-2H3;4*1-2H3. The Labute approximate surface area is 164 Å². The van der Waals surface area contributed by atoms with Gasteiger partial charge >= 0.3 is 0 Å². The summed E-state index contributed by atoms with van der Waals surface area (Å²) in [6, 6.07) is 11.1. The molecular weight excluding hydrogens is 318 g/mol. The molecular formula is C24H45NO. The maximum atomic E-state index is 6.20. The van der Waals surface area contributed by atoms with Gasteiger partial charge < -0.3 is 4.74 Å². The van der Waals surface area contributed by atoms with Gasteiger partial charge in [0.05, 0.1) is 12.6 Å². The number of hydrogen-bond donors (Lipinski definition) is 0. The largest absolute Gasteiger partial charge is 0.365 e. The van der Waals surface area contributed by atoms with E-state index in [1.165, 1.54) is 17.6 Å². The number of likely N-dealkylation sites (tertiary alicyclic amines) is 1. The molecule has 1 aromatic rings. The molecule has 0 saturated carbocycles. The second-order valence-electron chi connectivity index (χ2n) is 5.63. The van der Waals surface area contributed by atoms with E-state index in [9.17, 15) is 0 Å². The molecule has 0 aliphatic carbocycles. The van der Waals surface area contributed by atoms with Crippen LogP contribution in [0.5, 0.6) is 0 Å². The molecule has 0 bridgehead atoms. The topological polar surface area (TPSA) is 12.5 Å². The van der Waals surface area contributed by atoms with Crippen molar-refractivity contribution in [2.45, 2.75) is 86.8 Å². The average Bonchev–Trinajstić information content (AvgIpc) is 3.09. The molecule has 3 rings (SSSR count). The fourth-order valence-electron chi connectivity index (χ4n) is 3.47. The minimum Gasteiger partial charge on any atom is -0.365 e. The van der Waals surface area contributed by atoms with E-state index in [-0.39, 0.29) is 5.60 Å². The number of benzene rings is 1. The van der Waals surface area contributed by atoms with Crippen molar-refractivity contribution in [3.63, 3.8) is 0 Å². The Morgan fingerprint density at radius 1 is 0.923 bits per heavy atom. The molecule has 2 heterocycles. The minimum atomic E-state index is -0.0988. The third kappa shape index (κ3) is 7.25. The summed E-state index contributed by atoms with van der Waals surface area (Å²) >= 11 is 0. The quantitative estimate of drug-likeness (QED) is 0.486. The van der Waals surface area contributed by atoms with Crippen molar-refractivity contribution in [3.05, 3.63) is 47.5 Å². The molecule has 0 amide bonds. The molecule has 0 radical (unpaired) electrons. The summed E-state index contributed by atoms with van der Waals surface area (Å²) in [5.74, 6) is 0. The SMILES string of the molecule is CC.CC.CC.CC.CC1=CC2(CCCN(C)C2c2ccccc2)OC1. The van der Waals surface area contributed by atoms with E-state index >= 15 is 0 Å². The monoisotopic (exact) mass is 363 g/mol. The van der Waals surface area contributed by atoms with Gasteiger partial charge in [0.15, 0.2) is 0 Å². The van der Waals surface area contributed by atoms with Crippen LogP contribution < -0.4 is 0 Å². The Morgan fingerprint density at radius 3 is 1.92 bits per heavy atom. The lowest BCUT2D eigenvalue weighted by Crippen LogP contribution is -2.48. The van der Waals surface area contributed by atoms with Gasteiger partial charge in [0.1, 0.15) is 5.60 Å². The predicted molar refractivity (Wildman–Crippen MR) is 119 cm³/mol. The molecule has 1 saturated heterocycles. The Morgan fingerprint density at radius 2 is 1.46 bits per heavy atom. The first-order chi connectivity index (χ1) is 12.7. The fourth-order valence-corrected chi connectivity index (χ4v) is 3.47. The first-order valence-corrected chi connectivity index (χ1v) is 10.8. The number of likely N-dealkylation sites (N-methyl/N-ethyl adjacent to an activating group) is 1. The van der Waals surface area contributed by atoms with Crippen molar-refractivity contribution in [3.8, 4) is 0 Å². The molecule has 2 nitrogen and oxygen atoms in total. The van der Waals surface area contributed by atoms with Crippen molar-refractivity contribution in [1.82, 2.24) is 4.90 Å². The Bertz CT molecular complexity index is 455. The molecule has 1 fully saturated rings. The van der Waals surface area contributed by atoms with E-state index in [4.69, 9.17) is 4.74 Å². The van der Waals surface area contributed by atoms with Crippen molar-refractivity contribution >= 4 is 0 Å². The van der Waals surface area contributed by atoms with Crippen LogP contribution in [0, 0.1) is 0 Å². The molecule has 152 valence electrons. The summed E-state index contributed by atoms with van der Waals surface area (Å²) in [5.41, 5.74) is 2.63. The fraction of sp³-hybridized carbons (Fsp3) is 0.667. The van der Waals surface area contributed by atoms with Crippen molar-refractivity contribution in [2.75, 3.05) is 20.2 Å². The van der Waals surface area contributed by atoms with Gasteiger partial charge in [-0.3, -0.25) is 4.90 Å². The highest BCUT2D eigenvalue weighted by Gasteiger charge is 2.45. The average molecular weight is 364 g/mol. The molecule has 0 N–H and O–H groups in total. The zero-order valence-corrected chi connectivity index (χ0v) is 19.2. The lowest BCUT2D eigenvalue weighted by atomic mass is 9.80. The second kappa shape index (κ2) is 16.1. The molecule has 1 spiro atoms. The maximum Gasteiger partial charge on any atom is 0.107 e. The van der Waals surface area contributed by atoms with E-state index in [0.717, 1.165) is 19.6 Å². The van der Waals surface area contributed by atoms with E-state index < -0.39 is 0 Å². The molecule has 1 aromatic carbocycles.